The van der Waals surface area contributed by atoms with E-state index in [-0.39, 0.29) is 11.4 Å². The van der Waals surface area contributed by atoms with Gasteiger partial charge in [-0.25, -0.2) is 0 Å². The van der Waals surface area contributed by atoms with Crippen LogP contribution in [0.3, 0.4) is 0 Å². The normalized spacial score (nSPS) is 9.83. The van der Waals surface area contributed by atoms with Gasteiger partial charge in [-0.05, 0) is 25.5 Å². The molecular weight excluding hydrogens is 154 g/mol. The molecule has 0 radical (unpaired) electrons. The minimum absolute atomic E-state index is 0.0637. The van der Waals surface area contributed by atoms with Crippen LogP contribution in [0.5, 0.6) is 0 Å². The zero-order valence-corrected chi connectivity index (χ0v) is 7.14. The van der Waals surface area contributed by atoms with Crippen molar-refractivity contribution in [2.75, 3.05) is 0 Å². The summed E-state index contributed by atoms with van der Waals surface area (Å²) in [5.74, 6) is 0.0637. The van der Waals surface area contributed by atoms with Crippen molar-refractivity contribution in [3.8, 4) is 0 Å². The van der Waals surface area contributed by atoms with Gasteiger partial charge in [0.2, 0.25) is 0 Å². The zero-order chi connectivity index (χ0) is 9.30. The lowest BCUT2D eigenvalue weighted by Gasteiger charge is -1.99. The van der Waals surface area contributed by atoms with Crippen molar-refractivity contribution in [2.45, 2.75) is 13.8 Å². The highest BCUT2D eigenvalue weighted by molar-refractivity contribution is 5.93. The van der Waals surface area contributed by atoms with Crippen molar-refractivity contribution in [1.82, 2.24) is 4.98 Å². The molecule has 1 aromatic heterocycles. The van der Waals surface area contributed by atoms with Crippen LogP contribution in [-0.4, -0.2) is 10.8 Å². The van der Waals surface area contributed by atoms with Gasteiger partial charge in [0, 0.05) is 5.69 Å². The second-order valence-electron chi connectivity index (χ2n) is 2.79. The number of nitrogens with one attached hydrogen (secondary N) is 1. The Hall–Kier alpha value is -1.58. The molecular formula is C8H12N3O+. The molecule has 0 aliphatic heterocycles. The maximum absolute atomic E-state index is 11.3. The molecule has 1 rings (SSSR count). The predicted molar refractivity (Wildman–Crippen MR) is 46.8 cm³/mol. The average molecular weight is 166 g/mol. The van der Waals surface area contributed by atoms with Crippen LogP contribution in [0.2, 0.25) is 0 Å². The Morgan fingerprint density at radius 1 is 1.58 bits per heavy atom. The van der Waals surface area contributed by atoms with Crippen LogP contribution in [0.1, 0.15) is 16.8 Å². The van der Waals surface area contributed by atoms with Crippen LogP contribution < -0.4 is 16.7 Å². The van der Waals surface area contributed by atoms with Crippen LogP contribution in [0.4, 0.5) is 0 Å². The molecule has 0 aliphatic carbocycles. The Balaban J connectivity index is 3.49. The monoisotopic (exact) mass is 166 g/mol. The molecule has 0 saturated heterocycles. The van der Waals surface area contributed by atoms with Gasteiger partial charge < -0.3 is 4.98 Å². The molecule has 0 aliphatic rings. The standard InChI is InChI=1S/C8H11N3O/c1-4-3-5(2)11-8(12)6(4)7(9)10/h3H,1-2H3,(H3,9,10)(H,11,12)/p+1. The summed E-state index contributed by atoms with van der Waals surface area (Å²) < 4.78 is 0. The first-order chi connectivity index (χ1) is 5.52. The summed E-state index contributed by atoms with van der Waals surface area (Å²) in [5.41, 5.74) is 7.10. The summed E-state index contributed by atoms with van der Waals surface area (Å²) in [5, 5.41) is 5.34. The van der Waals surface area contributed by atoms with Gasteiger partial charge in [-0.2, -0.15) is 0 Å². The van der Waals surface area contributed by atoms with E-state index in [1.165, 1.54) is 0 Å². The lowest BCUT2D eigenvalue weighted by Crippen LogP contribution is -2.49. The topological polar surface area (TPSA) is 84.5 Å². The van der Waals surface area contributed by atoms with Crippen molar-refractivity contribution in [3.63, 3.8) is 0 Å². The number of amidine groups is 1. The molecule has 12 heavy (non-hydrogen) atoms. The Kier molecular flexibility index (Phi) is 1.99. The van der Waals surface area contributed by atoms with Crippen LogP contribution in [0, 0.1) is 13.8 Å². The summed E-state index contributed by atoms with van der Waals surface area (Å²) in [4.78, 5) is 13.9. The Labute approximate surface area is 69.9 Å². The first-order valence-corrected chi connectivity index (χ1v) is 3.61. The molecule has 5 N–H and O–H groups in total. The molecule has 0 bridgehead atoms. The summed E-state index contributed by atoms with van der Waals surface area (Å²) >= 11 is 0. The van der Waals surface area contributed by atoms with Crippen LogP contribution in [-0.2, 0) is 0 Å². The van der Waals surface area contributed by atoms with Crippen molar-refractivity contribution in [2.24, 2.45) is 5.73 Å². The fraction of sp³-hybridized carbons (Fsp3) is 0.250. The van der Waals surface area contributed by atoms with Gasteiger partial charge in [0.1, 0.15) is 5.56 Å². The number of hydrogen-bond acceptors (Lipinski definition) is 1. The van der Waals surface area contributed by atoms with Gasteiger partial charge >= 0.3 is 0 Å². The van der Waals surface area contributed by atoms with E-state index in [2.05, 4.69) is 4.98 Å². The Morgan fingerprint density at radius 2 is 2.17 bits per heavy atom. The highest BCUT2D eigenvalue weighted by atomic mass is 16.1. The van der Waals surface area contributed by atoms with Crippen molar-refractivity contribution in [3.05, 3.63) is 33.2 Å². The molecule has 4 nitrogen and oxygen atoms in total. The highest BCUT2D eigenvalue weighted by Gasteiger charge is 2.10. The first kappa shape index (κ1) is 8.52. The van der Waals surface area contributed by atoms with Gasteiger partial charge in [-0.3, -0.25) is 15.9 Å². The molecule has 0 spiro atoms. The van der Waals surface area contributed by atoms with Gasteiger partial charge in [0.15, 0.2) is 0 Å². The molecule has 4 heteroatoms. The number of aromatic nitrogens is 1. The smallest absolute Gasteiger partial charge is 0.276 e. The van der Waals surface area contributed by atoms with E-state index < -0.39 is 0 Å². The van der Waals surface area contributed by atoms with Crippen LogP contribution in [0.15, 0.2) is 10.9 Å². The quantitative estimate of drug-likeness (QED) is 0.349. The second-order valence-corrected chi connectivity index (χ2v) is 2.79. The van der Waals surface area contributed by atoms with Gasteiger partial charge in [-0.1, -0.05) is 0 Å². The van der Waals surface area contributed by atoms with E-state index in [4.69, 9.17) is 11.1 Å². The van der Waals surface area contributed by atoms with Gasteiger partial charge in [0.25, 0.3) is 11.4 Å². The van der Waals surface area contributed by atoms with E-state index in [1.807, 2.05) is 13.0 Å². The number of rotatable bonds is 1. The summed E-state index contributed by atoms with van der Waals surface area (Å²) in [7, 11) is 0. The molecule has 0 unspecified atom stereocenters. The molecule has 0 fully saturated rings. The van der Waals surface area contributed by atoms with Crippen molar-refractivity contribution in [1.29, 1.82) is 0 Å². The van der Waals surface area contributed by atoms with E-state index >= 15 is 0 Å². The molecule has 0 atom stereocenters. The van der Waals surface area contributed by atoms with E-state index in [1.54, 1.807) is 6.92 Å². The van der Waals surface area contributed by atoms with Crippen LogP contribution in [0.25, 0.3) is 0 Å². The number of H-pyrrole nitrogens is 1. The number of nitrogens with two attached hydrogens (primary N) is 2. The fourth-order valence-electron chi connectivity index (χ4n) is 1.21. The average Bonchev–Trinajstić information content (AvgIpc) is 1.82. The lowest BCUT2D eigenvalue weighted by atomic mass is 10.1. The summed E-state index contributed by atoms with van der Waals surface area (Å²) in [6.07, 6.45) is 0. The van der Waals surface area contributed by atoms with Crippen molar-refractivity contribution >= 4 is 5.84 Å². The third-order valence-corrected chi connectivity index (χ3v) is 1.65. The molecule has 0 amide bonds. The third kappa shape index (κ3) is 1.37. The SMILES string of the molecule is Cc1cc(C)c(C(N)=[NH2+])c(=O)[nH]1. The minimum Gasteiger partial charge on any atom is -0.326 e. The number of aryl methyl sites for hydroxylation is 2. The first-order valence-electron chi connectivity index (χ1n) is 3.61. The molecule has 0 aromatic carbocycles. The van der Waals surface area contributed by atoms with E-state index in [0.29, 0.717) is 5.56 Å². The van der Waals surface area contributed by atoms with E-state index in [9.17, 15) is 4.79 Å². The van der Waals surface area contributed by atoms with Crippen molar-refractivity contribution < 1.29 is 5.41 Å². The highest BCUT2D eigenvalue weighted by Crippen LogP contribution is 2.00. The molecule has 1 aromatic rings. The maximum Gasteiger partial charge on any atom is 0.276 e. The van der Waals surface area contributed by atoms with Gasteiger partial charge in [-0.15, -0.1) is 0 Å². The lowest BCUT2D eigenvalue weighted by molar-refractivity contribution is -0.114. The largest absolute Gasteiger partial charge is 0.326 e. The Bertz CT molecular complexity index is 378. The minimum atomic E-state index is -0.229. The summed E-state index contributed by atoms with van der Waals surface area (Å²) in [6.45, 7) is 3.61. The summed E-state index contributed by atoms with van der Waals surface area (Å²) in [6, 6.07) is 1.83. The number of aromatic amines is 1. The zero-order valence-electron chi connectivity index (χ0n) is 7.14. The fourth-order valence-corrected chi connectivity index (χ4v) is 1.21. The predicted octanol–water partition coefficient (Wildman–Crippen LogP) is -1.54. The molecule has 1 heterocycles. The second kappa shape index (κ2) is 2.81. The van der Waals surface area contributed by atoms with Gasteiger partial charge in [0.05, 0.1) is 0 Å². The Morgan fingerprint density at radius 3 is 2.58 bits per heavy atom. The molecule has 0 saturated carbocycles. The third-order valence-electron chi connectivity index (χ3n) is 1.65. The van der Waals surface area contributed by atoms with E-state index in [0.717, 1.165) is 11.3 Å². The van der Waals surface area contributed by atoms with Crippen LogP contribution >= 0.6 is 0 Å². The maximum atomic E-state index is 11.3. The number of hydrogen-bond donors (Lipinski definition) is 3. The number of pyridine rings is 1. The molecule has 64 valence electrons.